The van der Waals surface area contributed by atoms with Crippen LogP contribution >= 0.6 is 0 Å². The Morgan fingerprint density at radius 2 is 1.68 bits per heavy atom. The highest BCUT2D eigenvalue weighted by Gasteiger charge is 2.40. The summed E-state index contributed by atoms with van der Waals surface area (Å²) in [7, 11) is 0. The molecular weight excluding hydrogens is 276 g/mol. The summed E-state index contributed by atoms with van der Waals surface area (Å²) < 4.78 is 0. The molecule has 1 fully saturated rings. The first-order valence-corrected chi connectivity index (χ1v) is 8.62. The second-order valence-corrected chi connectivity index (χ2v) is 7.77. The summed E-state index contributed by atoms with van der Waals surface area (Å²) in [4.78, 5) is 27.0. The predicted octanol–water partition coefficient (Wildman–Crippen LogP) is 3.17. The lowest BCUT2D eigenvalue weighted by Gasteiger charge is -2.36. The van der Waals surface area contributed by atoms with Crippen LogP contribution in [0.4, 0.5) is 0 Å². The van der Waals surface area contributed by atoms with E-state index in [4.69, 9.17) is 0 Å². The van der Waals surface area contributed by atoms with E-state index in [-0.39, 0.29) is 23.4 Å². The van der Waals surface area contributed by atoms with Crippen LogP contribution in [0.3, 0.4) is 0 Å². The minimum absolute atomic E-state index is 0.0112. The molecule has 0 bridgehead atoms. The summed E-state index contributed by atoms with van der Waals surface area (Å²) in [5.41, 5.74) is 0.587. The van der Waals surface area contributed by atoms with Crippen LogP contribution in [0.2, 0.25) is 0 Å². The molecule has 124 valence electrons. The Labute approximate surface area is 134 Å². The minimum atomic E-state index is -0.420. The quantitative estimate of drug-likeness (QED) is 0.852. The maximum absolute atomic E-state index is 12.7. The summed E-state index contributed by atoms with van der Waals surface area (Å²) >= 11 is 0. The van der Waals surface area contributed by atoms with E-state index in [0.717, 1.165) is 31.3 Å². The summed E-state index contributed by atoms with van der Waals surface area (Å²) in [6, 6.07) is -0.214. The molecule has 2 amide bonds. The van der Waals surface area contributed by atoms with Crippen LogP contribution < -0.4 is 5.32 Å². The van der Waals surface area contributed by atoms with Gasteiger partial charge in [0.25, 0.3) is 0 Å². The van der Waals surface area contributed by atoms with Gasteiger partial charge in [0.05, 0.1) is 0 Å². The maximum atomic E-state index is 12.7. The van der Waals surface area contributed by atoms with Crippen LogP contribution in [0, 0.1) is 0 Å². The molecule has 1 atom stereocenters. The Morgan fingerprint density at radius 1 is 1.14 bits per heavy atom. The molecule has 0 aromatic carbocycles. The van der Waals surface area contributed by atoms with Crippen LogP contribution in [0.1, 0.15) is 72.6 Å². The fraction of sp³-hybridized carbons (Fsp3) is 0.778. The van der Waals surface area contributed by atoms with Gasteiger partial charge in [-0.15, -0.1) is 0 Å². The summed E-state index contributed by atoms with van der Waals surface area (Å²) in [5, 5.41) is 3.04. The van der Waals surface area contributed by atoms with Gasteiger partial charge in [0, 0.05) is 17.7 Å². The fourth-order valence-electron chi connectivity index (χ4n) is 3.57. The fourth-order valence-corrected chi connectivity index (χ4v) is 3.57. The third kappa shape index (κ3) is 4.11. The molecule has 1 aliphatic carbocycles. The molecule has 0 saturated heterocycles. The number of amides is 2. The van der Waals surface area contributed by atoms with Crippen molar-refractivity contribution in [1.82, 2.24) is 10.2 Å². The molecule has 0 radical (unpaired) electrons. The van der Waals surface area contributed by atoms with Gasteiger partial charge in [0.1, 0.15) is 6.04 Å². The largest absolute Gasteiger partial charge is 0.349 e. The van der Waals surface area contributed by atoms with E-state index in [1.807, 2.05) is 32.6 Å². The average Bonchev–Trinajstić information content (AvgIpc) is 2.62. The number of nitrogens with one attached hydrogen (secondary N) is 1. The zero-order valence-electron chi connectivity index (χ0n) is 14.4. The van der Waals surface area contributed by atoms with Crippen LogP contribution in [-0.4, -0.2) is 34.3 Å². The summed E-state index contributed by atoms with van der Waals surface area (Å²) in [5.74, 6) is -0.0358. The molecule has 4 nitrogen and oxygen atoms in total. The molecule has 0 aromatic heterocycles. The van der Waals surface area contributed by atoms with E-state index < -0.39 is 6.04 Å². The lowest BCUT2D eigenvalue weighted by Crippen LogP contribution is -2.54. The van der Waals surface area contributed by atoms with Gasteiger partial charge in [-0.25, -0.2) is 0 Å². The van der Waals surface area contributed by atoms with Crippen LogP contribution in [-0.2, 0) is 9.59 Å². The van der Waals surface area contributed by atoms with E-state index in [0.29, 0.717) is 0 Å². The van der Waals surface area contributed by atoms with Gasteiger partial charge >= 0.3 is 0 Å². The van der Waals surface area contributed by atoms with Crippen molar-refractivity contribution in [2.24, 2.45) is 0 Å². The number of rotatable bonds is 2. The Hall–Kier alpha value is -1.32. The lowest BCUT2D eigenvalue weighted by molar-refractivity contribution is -0.137. The Bertz CT molecular complexity index is 454. The van der Waals surface area contributed by atoms with E-state index in [1.165, 1.54) is 19.3 Å². The molecule has 2 rings (SSSR count). The predicted molar refractivity (Wildman–Crippen MR) is 88.4 cm³/mol. The minimum Gasteiger partial charge on any atom is -0.349 e. The van der Waals surface area contributed by atoms with Crippen molar-refractivity contribution in [2.75, 3.05) is 0 Å². The second kappa shape index (κ2) is 6.84. The van der Waals surface area contributed by atoms with Crippen LogP contribution in [0.5, 0.6) is 0 Å². The number of nitrogens with zero attached hydrogens (tertiary/aromatic N) is 1. The van der Waals surface area contributed by atoms with Crippen LogP contribution in [0.25, 0.3) is 0 Å². The molecule has 0 aromatic rings. The first-order valence-electron chi connectivity index (χ1n) is 8.62. The first kappa shape index (κ1) is 17.0. The lowest BCUT2D eigenvalue weighted by atomic mass is 9.94. The highest BCUT2D eigenvalue weighted by atomic mass is 16.2. The molecule has 1 heterocycles. The molecule has 2 aliphatic rings. The number of carbonyl (C=O) groups is 2. The average molecular weight is 306 g/mol. The van der Waals surface area contributed by atoms with Crippen LogP contribution in [0.15, 0.2) is 11.6 Å². The molecule has 0 spiro atoms. The summed E-state index contributed by atoms with van der Waals surface area (Å²) in [6.45, 7) is 7.82. The van der Waals surface area contributed by atoms with Crippen molar-refractivity contribution >= 4 is 11.8 Å². The van der Waals surface area contributed by atoms with Gasteiger partial charge in [0.15, 0.2) is 0 Å². The Morgan fingerprint density at radius 3 is 2.23 bits per heavy atom. The van der Waals surface area contributed by atoms with Crippen molar-refractivity contribution in [3.8, 4) is 0 Å². The standard InChI is InChI=1S/C18H30N2O2/c1-13-12-15(21)20(14-10-8-6-5-7-9-11-14)16(13)17(22)19-18(2,3)4/h12,14,16H,5-11H2,1-4H3,(H,19,22). The topological polar surface area (TPSA) is 49.4 Å². The highest BCUT2D eigenvalue weighted by Crippen LogP contribution is 2.29. The highest BCUT2D eigenvalue weighted by molar-refractivity contribution is 6.00. The van der Waals surface area contributed by atoms with E-state index in [1.54, 1.807) is 6.08 Å². The molecule has 22 heavy (non-hydrogen) atoms. The van der Waals surface area contributed by atoms with E-state index in [9.17, 15) is 9.59 Å². The van der Waals surface area contributed by atoms with E-state index >= 15 is 0 Å². The molecular formula is C18H30N2O2. The van der Waals surface area contributed by atoms with Crippen molar-refractivity contribution in [2.45, 2.75) is 90.3 Å². The normalized spacial score (nSPS) is 24.7. The first-order chi connectivity index (χ1) is 10.3. The van der Waals surface area contributed by atoms with Crippen molar-refractivity contribution in [3.63, 3.8) is 0 Å². The zero-order chi connectivity index (χ0) is 16.3. The van der Waals surface area contributed by atoms with Crippen molar-refractivity contribution < 1.29 is 9.59 Å². The number of hydrogen-bond donors (Lipinski definition) is 1. The van der Waals surface area contributed by atoms with Crippen molar-refractivity contribution in [1.29, 1.82) is 0 Å². The van der Waals surface area contributed by atoms with Crippen molar-refractivity contribution in [3.05, 3.63) is 11.6 Å². The molecule has 1 saturated carbocycles. The second-order valence-electron chi connectivity index (χ2n) is 7.77. The van der Waals surface area contributed by atoms with E-state index in [2.05, 4.69) is 5.32 Å². The Balaban J connectivity index is 2.16. The monoisotopic (exact) mass is 306 g/mol. The molecule has 4 heteroatoms. The van der Waals surface area contributed by atoms with Gasteiger partial charge in [-0.2, -0.15) is 0 Å². The van der Waals surface area contributed by atoms with Gasteiger partial charge < -0.3 is 10.2 Å². The van der Waals surface area contributed by atoms with Gasteiger partial charge in [-0.1, -0.05) is 32.1 Å². The van der Waals surface area contributed by atoms with Gasteiger partial charge in [-0.3, -0.25) is 9.59 Å². The summed E-state index contributed by atoms with van der Waals surface area (Å²) in [6.07, 6.45) is 9.77. The molecule has 1 aliphatic heterocycles. The SMILES string of the molecule is CC1=CC(=O)N(C2CCCCCCC2)C1C(=O)NC(C)(C)C. The third-order valence-corrected chi connectivity index (χ3v) is 4.53. The van der Waals surface area contributed by atoms with Gasteiger partial charge in [0.2, 0.25) is 11.8 Å². The van der Waals surface area contributed by atoms with Gasteiger partial charge in [-0.05, 0) is 46.1 Å². The maximum Gasteiger partial charge on any atom is 0.247 e. The molecule has 1 N–H and O–H groups in total. The Kier molecular flexibility index (Phi) is 5.30. The number of hydrogen-bond acceptors (Lipinski definition) is 2. The zero-order valence-corrected chi connectivity index (χ0v) is 14.4. The third-order valence-electron chi connectivity index (χ3n) is 4.53. The number of carbonyl (C=O) groups excluding carboxylic acids is 2. The smallest absolute Gasteiger partial charge is 0.247 e. The molecule has 1 unspecified atom stereocenters.